The fourth-order valence-electron chi connectivity index (χ4n) is 3.37. The number of nitrogens with one attached hydrogen (secondary N) is 1. The quantitative estimate of drug-likeness (QED) is 0.650. The molecule has 0 heterocycles. The van der Waals surface area contributed by atoms with Crippen molar-refractivity contribution >= 4 is 11.6 Å². The van der Waals surface area contributed by atoms with Gasteiger partial charge in [0, 0.05) is 12.1 Å². The lowest BCUT2D eigenvalue weighted by Crippen LogP contribution is -2.27. The molecule has 3 rings (SSSR count). The van der Waals surface area contributed by atoms with Gasteiger partial charge in [-0.1, -0.05) is 18.2 Å². The van der Waals surface area contributed by atoms with Crippen LogP contribution < -0.4 is 10.1 Å². The number of aryl methyl sites for hydroxylation is 2. The fraction of sp³-hybridized carbons (Fsp3) is 0.350. The molecule has 0 aliphatic heterocycles. The molecular weight excluding hydrogens is 332 g/mol. The number of ether oxygens (including phenoxy) is 1. The number of hydrogen-bond acceptors (Lipinski definition) is 4. The zero-order chi connectivity index (χ0) is 18.7. The van der Waals surface area contributed by atoms with E-state index in [9.17, 15) is 14.9 Å². The summed E-state index contributed by atoms with van der Waals surface area (Å²) < 4.78 is 5.18. The number of nitrogens with zero attached hydrogens (tertiary/aromatic N) is 1. The maximum atomic E-state index is 12.7. The minimum absolute atomic E-state index is 0.141. The van der Waals surface area contributed by atoms with Crippen molar-refractivity contribution in [1.29, 1.82) is 0 Å². The molecule has 0 fully saturated rings. The molecule has 26 heavy (non-hydrogen) atoms. The third-order valence-electron chi connectivity index (χ3n) is 4.86. The molecule has 1 aliphatic carbocycles. The van der Waals surface area contributed by atoms with E-state index in [4.69, 9.17) is 4.74 Å². The highest BCUT2D eigenvalue weighted by atomic mass is 16.6. The van der Waals surface area contributed by atoms with Crippen molar-refractivity contribution in [2.24, 2.45) is 0 Å². The first-order valence-corrected chi connectivity index (χ1v) is 8.74. The summed E-state index contributed by atoms with van der Waals surface area (Å²) >= 11 is 0. The number of nitro benzene ring substituents is 1. The molecule has 2 aromatic carbocycles. The van der Waals surface area contributed by atoms with Gasteiger partial charge in [0.1, 0.15) is 5.75 Å². The standard InChI is InChI=1S/C20H22N2O4/c1-13(15-8-7-14-5-3-4-6-16(14)11-15)21-20(23)18-12-17(22(24)25)9-10-19(18)26-2/h7-13H,3-6H2,1-2H3,(H,21,23). The Kier molecular flexibility index (Phi) is 5.21. The number of rotatable bonds is 5. The molecule has 0 radical (unpaired) electrons. The van der Waals surface area contributed by atoms with Gasteiger partial charge in [-0.2, -0.15) is 0 Å². The van der Waals surface area contributed by atoms with Crippen LogP contribution in [0, 0.1) is 10.1 Å². The second-order valence-corrected chi connectivity index (χ2v) is 6.57. The molecule has 136 valence electrons. The number of carbonyl (C=O) groups is 1. The molecule has 0 bridgehead atoms. The zero-order valence-corrected chi connectivity index (χ0v) is 15.0. The topological polar surface area (TPSA) is 81.5 Å². The van der Waals surface area contributed by atoms with Crippen molar-refractivity contribution in [2.45, 2.75) is 38.6 Å². The van der Waals surface area contributed by atoms with Crippen LogP contribution in [-0.2, 0) is 12.8 Å². The maximum absolute atomic E-state index is 12.7. The van der Waals surface area contributed by atoms with Crippen LogP contribution >= 0.6 is 0 Å². The van der Waals surface area contributed by atoms with Gasteiger partial charge < -0.3 is 10.1 Å². The van der Waals surface area contributed by atoms with Crippen molar-refractivity contribution in [1.82, 2.24) is 5.32 Å². The lowest BCUT2D eigenvalue weighted by atomic mass is 9.89. The second-order valence-electron chi connectivity index (χ2n) is 6.57. The highest BCUT2D eigenvalue weighted by Gasteiger charge is 2.20. The van der Waals surface area contributed by atoms with Gasteiger partial charge in [-0.15, -0.1) is 0 Å². The van der Waals surface area contributed by atoms with E-state index in [2.05, 4.69) is 17.4 Å². The lowest BCUT2D eigenvalue weighted by Gasteiger charge is -2.20. The number of non-ortho nitro benzene ring substituents is 1. The van der Waals surface area contributed by atoms with Crippen molar-refractivity contribution in [3.63, 3.8) is 0 Å². The SMILES string of the molecule is COc1ccc([N+](=O)[O-])cc1C(=O)NC(C)c1ccc2c(c1)CCCC2. The summed E-state index contributed by atoms with van der Waals surface area (Å²) in [4.78, 5) is 23.1. The average Bonchev–Trinajstić information content (AvgIpc) is 2.66. The van der Waals surface area contributed by atoms with E-state index < -0.39 is 10.8 Å². The van der Waals surface area contributed by atoms with Crippen LogP contribution in [0.4, 0.5) is 5.69 Å². The zero-order valence-electron chi connectivity index (χ0n) is 15.0. The summed E-state index contributed by atoms with van der Waals surface area (Å²) in [5.74, 6) is -0.0819. The van der Waals surface area contributed by atoms with E-state index in [1.807, 2.05) is 13.0 Å². The van der Waals surface area contributed by atoms with Crippen molar-refractivity contribution in [3.8, 4) is 5.75 Å². The normalized spacial score (nSPS) is 14.2. The average molecular weight is 354 g/mol. The Morgan fingerprint density at radius 3 is 2.58 bits per heavy atom. The van der Waals surface area contributed by atoms with Gasteiger partial charge in [0.2, 0.25) is 0 Å². The molecule has 0 aromatic heterocycles. The van der Waals surface area contributed by atoms with Gasteiger partial charge in [-0.25, -0.2) is 0 Å². The van der Waals surface area contributed by atoms with Crippen LogP contribution in [0.25, 0.3) is 0 Å². The molecule has 0 saturated heterocycles. The summed E-state index contributed by atoms with van der Waals surface area (Å²) in [6.45, 7) is 1.91. The summed E-state index contributed by atoms with van der Waals surface area (Å²) in [5.41, 5.74) is 3.79. The van der Waals surface area contributed by atoms with Crippen molar-refractivity contribution in [3.05, 3.63) is 68.8 Å². The van der Waals surface area contributed by atoms with E-state index in [0.29, 0.717) is 5.75 Å². The van der Waals surface area contributed by atoms with Crippen LogP contribution in [0.3, 0.4) is 0 Å². The maximum Gasteiger partial charge on any atom is 0.270 e. The Morgan fingerprint density at radius 2 is 1.88 bits per heavy atom. The summed E-state index contributed by atoms with van der Waals surface area (Å²) in [5, 5.41) is 13.9. The number of carbonyl (C=O) groups excluding carboxylic acids is 1. The van der Waals surface area contributed by atoms with Gasteiger partial charge in [0.15, 0.2) is 0 Å². The Balaban J connectivity index is 1.81. The van der Waals surface area contributed by atoms with E-state index >= 15 is 0 Å². The first-order valence-electron chi connectivity index (χ1n) is 8.74. The van der Waals surface area contributed by atoms with Gasteiger partial charge in [-0.05, 0) is 55.4 Å². The molecule has 1 amide bonds. The molecular formula is C20H22N2O4. The van der Waals surface area contributed by atoms with Crippen molar-refractivity contribution < 1.29 is 14.5 Å². The molecule has 1 N–H and O–H groups in total. The molecule has 2 aromatic rings. The van der Waals surface area contributed by atoms with Crippen LogP contribution in [0.5, 0.6) is 5.75 Å². The Bertz CT molecular complexity index is 848. The minimum Gasteiger partial charge on any atom is -0.496 e. The predicted molar refractivity (Wildman–Crippen MR) is 98.6 cm³/mol. The smallest absolute Gasteiger partial charge is 0.270 e. The highest BCUT2D eigenvalue weighted by Crippen LogP contribution is 2.27. The Labute approximate surface area is 152 Å². The van der Waals surface area contributed by atoms with E-state index in [-0.39, 0.29) is 17.3 Å². The summed E-state index contributed by atoms with van der Waals surface area (Å²) in [7, 11) is 1.44. The lowest BCUT2D eigenvalue weighted by molar-refractivity contribution is -0.384. The third kappa shape index (κ3) is 3.69. The van der Waals surface area contributed by atoms with Crippen LogP contribution in [0.15, 0.2) is 36.4 Å². The van der Waals surface area contributed by atoms with Gasteiger partial charge >= 0.3 is 0 Å². The molecule has 0 spiro atoms. The molecule has 1 aliphatic rings. The van der Waals surface area contributed by atoms with Gasteiger partial charge in [0.05, 0.1) is 23.6 Å². The Hall–Kier alpha value is -2.89. The third-order valence-corrected chi connectivity index (χ3v) is 4.86. The highest BCUT2D eigenvalue weighted by molar-refractivity contribution is 5.97. The number of nitro groups is 1. The van der Waals surface area contributed by atoms with E-state index in [1.165, 1.54) is 49.3 Å². The second kappa shape index (κ2) is 7.56. The van der Waals surface area contributed by atoms with E-state index in [0.717, 1.165) is 18.4 Å². The minimum atomic E-state index is -0.525. The van der Waals surface area contributed by atoms with Crippen LogP contribution in [-0.4, -0.2) is 17.9 Å². The van der Waals surface area contributed by atoms with Gasteiger partial charge in [-0.3, -0.25) is 14.9 Å². The first kappa shape index (κ1) is 17.9. The molecule has 6 nitrogen and oxygen atoms in total. The molecule has 1 unspecified atom stereocenters. The molecule has 1 atom stereocenters. The van der Waals surface area contributed by atoms with Crippen LogP contribution in [0.2, 0.25) is 0 Å². The number of fused-ring (bicyclic) bond motifs is 1. The monoisotopic (exact) mass is 354 g/mol. The number of amides is 1. The number of methoxy groups -OCH3 is 1. The summed E-state index contributed by atoms with van der Waals surface area (Å²) in [6.07, 6.45) is 4.61. The van der Waals surface area contributed by atoms with E-state index in [1.54, 1.807) is 0 Å². The molecule has 0 saturated carbocycles. The fourth-order valence-corrected chi connectivity index (χ4v) is 3.37. The molecule has 6 heteroatoms. The Morgan fingerprint density at radius 1 is 1.15 bits per heavy atom. The number of benzene rings is 2. The van der Waals surface area contributed by atoms with Crippen LogP contribution in [0.1, 0.15) is 52.9 Å². The largest absolute Gasteiger partial charge is 0.496 e. The number of hydrogen-bond donors (Lipinski definition) is 1. The van der Waals surface area contributed by atoms with Gasteiger partial charge in [0.25, 0.3) is 11.6 Å². The first-order chi connectivity index (χ1) is 12.5. The van der Waals surface area contributed by atoms with Crippen molar-refractivity contribution in [2.75, 3.05) is 7.11 Å². The summed E-state index contributed by atoms with van der Waals surface area (Å²) in [6, 6.07) is 10.1. The predicted octanol–water partition coefficient (Wildman–Crippen LogP) is 3.97.